The highest BCUT2D eigenvalue weighted by molar-refractivity contribution is 7.08. The Morgan fingerprint density at radius 1 is 1.12 bits per heavy atom. The van der Waals surface area contributed by atoms with E-state index in [2.05, 4.69) is 5.32 Å². The van der Waals surface area contributed by atoms with Crippen LogP contribution in [0.5, 0.6) is 0 Å². The summed E-state index contributed by atoms with van der Waals surface area (Å²) in [4.78, 5) is 39.6. The van der Waals surface area contributed by atoms with Gasteiger partial charge in [-0.15, -0.1) is 0 Å². The normalized spacial score (nSPS) is 14.8. The molecule has 1 saturated heterocycles. The van der Waals surface area contributed by atoms with Crippen LogP contribution in [0, 0.1) is 5.92 Å². The minimum atomic E-state index is -0.145. The van der Waals surface area contributed by atoms with Gasteiger partial charge in [-0.3, -0.25) is 14.4 Å². The third-order valence-electron chi connectivity index (χ3n) is 3.98. The van der Waals surface area contributed by atoms with Gasteiger partial charge in [0.15, 0.2) is 0 Å². The fourth-order valence-corrected chi connectivity index (χ4v) is 3.26. The van der Waals surface area contributed by atoms with Gasteiger partial charge in [0.25, 0.3) is 5.91 Å². The maximum Gasteiger partial charge on any atom is 0.252 e. The van der Waals surface area contributed by atoms with Gasteiger partial charge in [0.1, 0.15) is 0 Å². The van der Waals surface area contributed by atoms with Gasteiger partial charge >= 0.3 is 0 Å². The molecule has 3 amide bonds. The topological polar surface area (TPSA) is 69.7 Å². The van der Waals surface area contributed by atoms with Crippen LogP contribution in [0.1, 0.15) is 37.0 Å². The summed E-state index contributed by atoms with van der Waals surface area (Å²) >= 11 is 1.47. The maximum atomic E-state index is 12.2. The first-order valence-electron chi connectivity index (χ1n) is 8.33. The maximum absolute atomic E-state index is 12.2. The highest BCUT2D eigenvalue weighted by atomic mass is 32.1. The third kappa shape index (κ3) is 5.33. The van der Waals surface area contributed by atoms with Gasteiger partial charge in [0.2, 0.25) is 11.8 Å². The van der Waals surface area contributed by atoms with Crippen LogP contribution in [0.25, 0.3) is 0 Å². The highest BCUT2D eigenvalue weighted by Gasteiger charge is 2.24. The molecule has 24 heavy (non-hydrogen) atoms. The molecular formula is C17H25N3O3S. The Kier molecular flexibility index (Phi) is 6.78. The average molecular weight is 351 g/mol. The van der Waals surface area contributed by atoms with Crippen molar-refractivity contribution < 1.29 is 14.4 Å². The molecule has 1 N–H and O–H groups in total. The quantitative estimate of drug-likeness (QED) is 0.846. The molecule has 0 atom stereocenters. The second-order valence-corrected chi connectivity index (χ2v) is 7.16. The predicted octanol–water partition coefficient (Wildman–Crippen LogP) is 1.58. The third-order valence-corrected chi connectivity index (χ3v) is 4.66. The number of rotatable bonds is 6. The molecule has 0 aliphatic carbocycles. The average Bonchev–Trinajstić information content (AvgIpc) is 3.08. The lowest BCUT2D eigenvalue weighted by Gasteiger charge is -2.35. The molecule has 0 aromatic carbocycles. The van der Waals surface area contributed by atoms with Gasteiger partial charge in [-0.25, -0.2) is 0 Å². The van der Waals surface area contributed by atoms with E-state index in [-0.39, 0.29) is 24.1 Å². The second-order valence-electron chi connectivity index (χ2n) is 6.38. The molecule has 1 aromatic heterocycles. The van der Waals surface area contributed by atoms with Crippen LogP contribution < -0.4 is 5.32 Å². The number of carbonyl (C=O) groups excluding carboxylic acids is 3. The lowest BCUT2D eigenvalue weighted by atomic mass is 10.1. The first-order chi connectivity index (χ1) is 11.5. The molecule has 6 nitrogen and oxygen atoms in total. The Balaban J connectivity index is 1.67. The van der Waals surface area contributed by atoms with Gasteiger partial charge in [0.05, 0.1) is 0 Å². The molecule has 0 radical (unpaired) electrons. The molecular weight excluding hydrogens is 326 g/mol. The Bertz CT molecular complexity index is 564. The van der Waals surface area contributed by atoms with E-state index in [0.29, 0.717) is 50.6 Å². The van der Waals surface area contributed by atoms with Crippen molar-refractivity contribution in [2.45, 2.75) is 26.7 Å². The summed E-state index contributed by atoms with van der Waals surface area (Å²) in [6.07, 6.45) is 0.846. The van der Waals surface area contributed by atoms with Crippen LogP contribution >= 0.6 is 11.3 Å². The number of nitrogens with zero attached hydrogens (tertiary/aromatic N) is 2. The molecule has 1 fully saturated rings. The van der Waals surface area contributed by atoms with E-state index in [4.69, 9.17) is 0 Å². The molecule has 1 aromatic rings. The van der Waals surface area contributed by atoms with E-state index in [9.17, 15) is 14.4 Å². The summed E-state index contributed by atoms with van der Waals surface area (Å²) in [5.74, 6) is 0.397. The van der Waals surface area contributed by atoms with Crippen molar-refractivity contribution in [3.63, 3.8) is 0 Å². The van der Waals surface area contributed by atoms with Gasteiger partial charge in [-0.2, -0.15) is 11.3 Å². The van der Waals surface area contributed by atoms with Crippen molar-refractivity contribution in [1.82, 2.24) is 15.1 Å². The molecule has 0 saturated carbocycles. The van der Waals surface area contributed by atoms with Crippen LogP contribution in [0.2, 0.25) is 0 Å². The van der Waals surface area contributed by atoms with Crippen molar-refractivity contribution in [2.75, 3.05) is 32.7 Å². The van der Waals surface area contributed by atoms with E-state index >= 15 is 0 Å². The summed E-state index contributed by atoms with van der Waals surface area (Å²) in [5, 5.41) is 6.39. The van der Waals surface area contributed by atoms with Crippen LogP contribution in [-0.4, -0.2) is 60.2 Å². The van der Waals surface area contributed by atoms with Gasteiger partial charge in [0, 0.05) is 56.5 Å². The van der Waals surface area contributed by atoms with E-state index in [1.54, 1.807) is 16.3 Å². The van der Waals surface area contributed by atoms with E-state index < -0.39 is 0 Å². The van der Waals surface area contributed by atoms with E-state index in [1.165, 1.54) is 11.3 Å². The highest BCUT2D eigenvalue weighted by Crippen LogP contribution is 2.09. The minimum absolute atomic E-state index is 0.0246. The first-order valence-corrected chi connectivity index (χ1v) is 9.27. The molecule has 1 aliphatic heterocycles. The summed E-state index contributed by atoms with van der Waals surface area (Å²) < 4.78 is 0. The zero-order chi connectivity index (χ0) is 17.5. The number of amides is 3. The number of hydrogen-bond acceptors (Lipinski definition) is 4. The first kappa shape index (κ1) is 18.4. The van der Waals surface area contributed by atoms with Crippen molar-refractivity contribution in [3.05, 3.63) is 22.4 Å². The van der Waals surface area contributed by atoms with E-state index in [1.807, 2.05) is 24.1 Å². The molecule has 132 valence electrons. The second kappa shape index (κ2) is 8.82. The van der Waals surface area contributed by atoms with Crippen molar-refractivity contribution in [3.8, 4) is 0 Å². The monoisotopic (exact) mass is 351 g/mol. The van der Waals surface area contributed by atoms with Crippen LogP contribution in [-0.2, 0) is 9.59 Å². The summed E-state index contributed by atoms with van der Waals surface area (Å²) in [6, 6.07) is 1.76. The molecule has 1 aliphatic rings. The van der Waals surface area contributed by atoms with Crippen LogP contribution in [0.15, 0.2) is 16.8 Å². The Morgan fingerprint density at radius 2 is 1.75 bits per heavy atom. The smallest absolute Gasteiger partial charge is 0.252 e. The molecule has 2 heterocycles. The minimum Gasteiger partial charge on any atom is -0.351 e. The van der Waals surface area contributed by atoms with E-state index in [0.717, 1.165) is 0 Å². The Labute approximate surface area is 146 Å². The molecule has 0 unspecified atom stereocenters. The number of carbonyl (C=O) groups is 3. The standard InChI is InChI=1S/C17H25N3O3S/c1-13(2)11-16(22)20-8-6-19(7-9-20)15(21)3-5-18-17(23)14-4-10-24-12-14/h4,10,12-13H,3,5-9,11H2,1-2H3,(H,18,23). The summed E-state index contributed by atoms with van der Waals surface area (Å²) in [7, 11) is 0. The molecule has 7 heteroatoms. The van der Waals surface area contributed by atoms with Gasteiger partial charge in [-0.1, -0.05) is 13.8 Å². The van der Waals surface area contributed by atoms with Crippen molar-refractivity contribution in [2.24, 2.45) is 5.92 Å². The number of thiophene rings is 1. The number of hydrogen-bond donors (Lipinski definition) is 1. The molecule has 0 bridgehead atoms. The lowest BCUT2D eigenvalue weighted by Crippen LogP contribution is -2.51. The van der Waals surface area contributed by atoms with Crippen molar-refractivity contribution >= 4 is 29.1 Å². The molecule has 2 rings (SSSR count). The number of nitrogens with one attached hydrogen (secondary N) is 1. The summed E-state index contributed by atoms with van der Waals surface area (Å²) in [6.45, 7) is 6.73. The van der Waals surface area contributed by atoms with Crippen LogP contribution in [0.3, 0.4) is 0 Å². The SMILES string of the molecule is CC(C)CC(=O)N1CCN(C(=O)CCNC(=O)c2ccsc2)CC1. The van der Waals surface area contributed by atoms with Crippen molar-refractivity contribution in [1.29, 1.82) is 0 Å². The van der Waals surface area contributed by atoms with Crippen LogP contribution in [0.4, 0.5) is 0 Å². The lowest BCUT2D eigenvalue weighted by molar-refractivity contribution is -0.139. The Morgan fingerprint density at radius 3 is 2.29 bits per heavy atom. The fourth-order valence-electron chi connectivity index (χ4n) is 2.62. The largest absolute Gasteiger partial charge is 0.351 e. The Hall–Kier alpha value is -1.89. The number of piperazine rings is 1. The molecule has 0 spiro atoms. The predicted molar refractivity (Wildman–Crippen MR) is 93.9 cm³/mol. The summed E-state index contributed by atoms with van der Waals surface area (Å²) in [5.41, 5.74) is 0.629. The zero-order valence-corrected chi connectivity index (χ0v) is 15.1. The fraction of sp³-hybridized carbons (Fsp3) is 0.588. The zero-order valence-electron chi connectivity index (χ0n) is 14.3. The van der Waals surface area contributed by atoms with Gasteiger partial charge in [-0.05, 0) is 17.4 Å². The van der Waals surface area contributed by atoms with Gasteiger partial charge < -0.3 is 15.1 Å².